The van der Waals surface area contributed by atoms with Crippen LogP contribution in [-0.2, 0) is 0 Å². The molecule has 2 aromatic rings. The summed E-state index contributed by atoms with van der Waals surface area (Å²) in [4.78, 5) is 8.03. The molecule has 0 spiro atoms. The molecule has 0 radical (unpaired) electrons. The van der Waals surface area contributed by atoms with Gasteiger partial charge in [0.25, 0.3) is 0 Å². The first-order valence-electron chi connectivity index (χ1n) is 3.60. The molecule has 0 N–H and O–H groups in total. The Hall–Kier alpha value is -1.06. The van der Waals surface area contributed by atoms with Crippen LogP contribution in [0.4, 0.5) is 5.82 Å². The molecule has 0 saturated heterocycles. The zero-order chi connectivity index (χ0) is 9.26. The molecule has 1 heterocycles. The molecule has 0 amide bonds. The summed E-state index contributed by atoms with van der Waals surface area (Å²) in [6.07, 6.45) is 1.43. The maximum absolute atomic E-state index is 5.59. The van der Waals surface area contributed by atoms with E-state index in [0.717, 1.165) is 14.8 Å². The molecule has 0 saturated carbocycles. The van der Waals surface area contributed by atoms with Crippen molar-refractivity contribution in [2.24, 2.45) is 0 Å². The lowest BCUT2D eigenvalue weighted by Gasteiger charge is -2.06. The van der Waals surface area contributed by atoms with E-state index < -0.39 is 0 Å². The highest BCUT2D eigenvalue weighted by Crippen LogP contribution is 2.24. The molecule has 13 heavy (non-hydrogen) atoms. The van der Waals surface area contributed by atoms with Gasteiger partial charge in [0.1, 0.15) is 6.33 Å². The fraction of sp³-hybridized carbons (Fsp3) is 0. The van der Waals surface area contributed by atoms with Gasteiger partial charge < -0.3 is 0 Å². The van der Waals surface area contributed by atoms with Crippen molar-refractivity contribution in [3.05, 3.63) is 30.6 Å². The molecule has 1 aromatic heterocycles. The SMILES string of the molecule is ClN(Cl)c1ncnc2ccccc12. The predicted molar refractivity (Wildman–Crippen MR) is 53.7 cm³/mol. The number of nitrogens with zero attached hydrogens (tertiary/aromatic N) is 3. The minimum Gasteiger partial charge on any atom is -0.236 e. The van der Waals surface area contributed by atoms with Gasteiger partial charge in [0.05, 0.1) is 5.52 Å². The lowest BCUT2D eigenvalue weighted by Crippen LogP contribution is -1.97. The van der Waals surface area contributed by atoms with Crippen LogP contribution >= 0.6 is 23.6 Å². The molecule has 0 aliphatic carbocycles. The van der Waals surface area contributed by atoms with Crippen LogP contribution < -0.4 is 3.94 Å². The van der Waals surface area contributed by atoms with Crippen LogP contribution in [0.2, 0.25) is 0 Å². The number of benzene rings is 1. The average Bonchev–Trinajstić information content (AvgIpc) is 2.17. The number of rotatable bonds is 1. The number of aromatic nitrogens is 2. The predicted octanol–water partition coefficient (Wildman–Crippen LogP) is 2.74. The number of anilines is 1. The molecule has 0 aliphatic heterocycles. The topological polar surface area (TPSA) is 29.0 Å². The van der Waals surface area contributed by atoms with E-state index in [2.05, 4.69) is 9.97 Å². The number of halogens is 2. The molecule has 3 nitrogen and oxygen atoms in total. The van der Waals surface area contributed by atoms with Crippen LogP contribution in [0.1, 0.15) is 0 Å². The van der Waals surface area contributed by atoms with Crippen LogP contribution in [0.5, 0.6) is 0 Å². The van der Waals surface area contributed by atoms with E-state index in [1.807, 2.05) is 24.3 Å². The number of hydrogen-bond donors (Lipinski definition) is 0. The summed E-state index contributed by atoms with van der Waals surface area (Å²) in [5.74, 6) is 0.494. The zero-order valence-electron chi connectivity index (χ0n) is 6.48. The number of para-hydroxylation sites is 1. The smallest absolute Gasteiger partial charge is 0.170 e. The van der Waals surface area contributed by atoms with Gasteiger partial charge in [-0.3, -0.25) is 0 Å². The molecule has 5 heteroatoms. The Morgan fingerprint density at radius 2 is 1.85 bits per heavy atom. The summed E-state index contributed by atoms with van der Waals surface area (Å²) in [5.41, 5.74) is 0.818. The minimum absolute atomic E-state index is 0.494. The van der Waals surface area contributed by atoms with Gasteiger partial charge in [0, 0.05) is 28.9 Å². The summed E-state index contributed by atoms with van der Waals surface area (Å²) in [6, 6.07) is 7.51. The Morgan fingerprint density at radius 3 is 2.62 bits per heavy atom. The van der Waals surface area contributed by atoms with Gasteiger partial charge in [0.2, 0.25) is 0 Å². The highest BCUT2D eigenvalue weighted by molar-refractivity contribution is 6.50. The fourth-order valence-corrected chi connectivity index (χ4v) is 1.39. The van der Waals surface area contributed by atoms with Crippen molar-refractivity contribution in [1.29, 1.82) is 0 Å². The minimum atomic E-state index is 0.494. The first kappa shape index (κ1) is 8.53. The Morgan fingerprint density at radius 1 is 1.08 bits per heavy atom. The van der Waals surface area contributed by atoms with Crippen LogP contribution in [-0.4, -0.2) is 9.97 Å². The molecule has 0 fully saturated rings. The van der Waals surface area contributed by atoms with E-state index in [1.54, 1.807) is 0 Å². The molecule has 0 unspecified atom stereocenters. The standard InChI is InChI=1S/C8H5Cl2N3/c9-13(10)8-6-3-1-2-4-7(6)11-5-12-8/h1-5H. The first-order chi connectivity index (χ1) is 6.29. The molecular weight excluding hydrogens is 209 g/mol. The van der Waals surface area contributed by atoms with E-state index in [0.29, 0.717) is 5.82 Å². The molecule has 2 rings (SSSR count). The van der Waals surface area contributed by atoms with Gasteiger partial charge in [-0.25, -0.2) is 9.97 Å². The number of hydrogen-bond acceptors (Lipinski definition) is 3. The Kier molecular flexibility index (Phi) is 2.20. The molecule has 0 aliphatic rings. The summed E-state index contributed by atoms with van der Waals surface area (Å²) in [7, 11) is 0. The Balaban J connectivity index is 2.76. The van der Waals surface area contributed by atoms with Crippen molar-refractivity contribution in [3.63, 3.8) is 0 Å². The fourth-order valence-electron chi connectivity index (χ4n) is 1.13. The summed E-state index contributed by atoms with van der Waals surface area (Å²) >= 11 is 11.2. The van der Waals surface area contributed by atoms with Gasteiger partial charge in [-0.2, -0.15) is 3.94 Å². The highest BCUT2D eigenvalue weighted by atomic mass is 35.5. The van der Waals surface area contributed by atoms with Crippen molar-refractivity contribution in [2.45, 2.75) is 0 Å². The Bertz CT molecular complexity index is 425. The monoisotopic (exact) mass is 213 g/mol. The third-order valence-electron chi connectivity index (χ3n) is 1.68. The Labute approximate surface area is 85.1 Å². The van der Waals surface area contributed by atoms with Gasteiger partial charge in [-0.15, -0.1) is 0 Å². The quantitative estimate of drug-likeness (QED) is 0.683. The van der Waals surface area contributed by atoms with Gasteiger partial charge in [0.15, 0.2) is 5.82 Å². The van der Waals surface area contributed by atoms with E-state index in [4.69, 9.17) is 23.6 Å². The van der Waals surface area contributed by atoms with E-state index >= 15 is 0 Å². The largest absolute Gasteiger partial charge is 0.236 e. The van der Waals surface area contributed by atoms with Crippen molar-refractivity contribution in [2.75, 3.05) is 3.94 Å². The molecule has 0 bridgehead atoms. The highest BCUT2D eigenvalue weighted by Gasteiger charge is 2.06. The zero-order valence-corrected chi connectivity index (χ0v) is 8.00. The van der Waals surface area contributed by atoms with E-state index in [9.17, 15) is 0 Å². The van der Waals surface area contributed by atoms with Crippen molar-refractivity contribution in [1.82, 2.24) is 9.97 Å². The lowest BCUT2D eigenvalue weighted by molar-refractivity contribution is 1.21. The van der Waals surface area contributed by atoms with Crippen LogP contribution in [0.15, 0.2) is 30.6 Å². The van der Waals surface area contributed by atoms with E-state index in [-0.39, 0.29) is 0 Å². The second-order valence-electron chi connectivity index (χ2n) is 2.45. The second kappa shape index (κ2) is 3.36. The maximum atomic E-state index is 5.59. The molecule has 66 valence electrons. The van der Waals surface area contributed by atoms with Gasteiger partial charge >= 0.3 is 0 Å². The average molecular weight is 214 g/mol. The third kappa shape index (κ3) is 1.53. The van der Waals surface area contributed by atoms with Gasteiger partial charge in [-0.1, -0.05) is 12.1 Å². The van der Waals surface area contributed by atoms with Crippen LogP contribution in [0.3, 0.4) is 0 Å². The maximum Gasteiger partial charge on any atom is 0.170 e. The van der Waals surface area contributed by atoms with Gasteiger partial charge in [-0.05, 0) is 12.1 Å². The van der Waals surface area contributed by atoms with Crippen molar-refractivity contribution >= 4 is 40.3 Å². The van der Waals surface area contributed by atoms with Crippen molar-refractivity contribution < 1.29 is 0 Å². The summed E-state index contributed by atoms with van der Waals surface area (Å²) < 4.78 is 0.935. The normalized spacial score (nSPS) is 10.3. The van der Waals surface area contributed by atoms with Crippen molar-refractivity contribution in [3.8, 4) is 0 Å². The summed E-state index contributed by atoms with van der Waals surface area (Å²) in [5, 5.41) is 0.829. The lowest BCUT2D eigenvalue weighted by atomic mass is 10.2. The molecule has 1 aromatic carbocycles. The van der Waals surface area contributed by atoms with E-state index in [1.165, 1.54) is 6.33 Å². The molecule has 0 atom stereocenters. The molecular formula is C8H5Cl2N3. The summed E-state index contributed by atoms with van der Waals surface area (Å²) in [6.45, 7) is 0. The third-order valence-corrected chi connectivity index (χ3v) is 2.00. The second-order valence-corrected chi connectivity index (χ2v) is 3.30. The first-order valence-corrected chi connectivity index (χ1v) is 4.28. The number of fused-ring (bicyclic) bond motifs is 1. The van der Waals surface area contributed by atoms with Crippen LogP contribution in [0.25, 0.3) is 10.9 Å². The van der Waals surface area contributed by atoms with Crippen LogP contribution in [0, 0.1) is 0 Å².